The lowest BCUT2D eigenvalue weighted by molar-refractivity contribution is -0.116. The number of anilines is 4. The van der Waals surface area contributed by atoms with Crippen LogP contribution in [0.5, 0.6) is 0 Å². The predicted molar refractivity (Wildman–Crippen MR) is 196 cm³/mol. The Hall–Kier alpha value is -3.93. The van der Waals surface area contributed by atoms with Gasteiger partial charge >= 0.3 is 0 Å². The summed E-state index contributed by atoms with van der Waals surface area (Å²) < 4.78 is 0. The Bertz CT molecular complexity index is 1880. The molecule has 2 amide bonds. The fourth-order valence-electron chi connectivity index (χ4n) is 5.68. The summed E-state index contributed by atoms with van der Waals surface area (Å²) in [6, 6.07) is 22.3. The van der Waals surface area contributed by atoms with Crippen LogP contribution in [-0.2, 0) is 9.59 Å². The molecule has 0 fully saturated rings. The van der Waals surface area contributed by atoms with E-state index in [2.05, 4.69) is 37.0 Å². The van der Waals surface area contributed by atoms with Gasteiger partial charge in [-0.05, 0) is 71.8 Å². The van der Waals surface area contributed by atoms with Gasteiger partial charge in [0.15, 0.2) is 0 Å². The minimum Gasteiger partial charge on any atom is -0.354 e. The number of halogens is 4. The van der Waals surface area contributed by atoms with Gasteiger partial charge in [0.25, 0.3) is 0 Å². The predicted octanol–water partition coefficient (Wildman–Crippen LogP) is 9.35. The third kappa shape index (κ3) is 7.38. The molecule has 0 bridgehead atoms. The van der Waals surface area contributed by atoms with Gasteiger partial charge in [0.1, 0.15) is 0 Å². The Labute approximate surface area is 300 Å². The summed E-state index contributed by atoms with van der Waals surface area (Å²) in [4.78, 5) is 27.7. The highest BCUT2D eigenvalue weighted by Gasteiger charge is 2.25. The maximum atomic E-state index is 12.9. The molecule has 4 aromatic rings. The van der Waals surface area contributed by atoms with Crippen molar-refractivity contribution >= 4 is 104 Å². The summed E-state index contributed by atoms with van der Waals surface area (Å²) in [5.41, 5.74) is 12.8. The first kappa shape index (κ1) is 32.6. The molecule has 9 nitrogen and oxygen atoms in total. The van der Waals surface area contributed by atoms with Crippen LogP contribution < -0.4 is 26.8 Å². The second-order valence-electron chi connectivity index (χ2n) is 11.6. The van der Waals surface area contributed by atoms with E-state index in [1.165, 1.54) is 0 Å². The normalized spacial score (nSPS) is 17.6. The molecule has 48 heavy (non-hydrogen) atoms. The van der Waals surface area contributed by atoms with Crippen molar-refractivity contribution in [2.24, 2.45) is 10.2 Å². The van der Waals surface area contributed by atoms with E-state index < -0.39 is 0 Å². The molecule has 3 aliphatic heterocycles. The summed E-state index contributed by atoms with van der Waals surface area (Å²) in [6.45, 7) is 0. The lowest BCUT2D eigenvalue weighted by Gasteiger charge is -2.22. The number of hydrogen-bond donors (Lipinski definition) is 5. The number of rotatable bonds is 8. The number of fused-ring (bicyclic) bond motifs is 2. The number of hydrazone groups is 2. The molecule has 4 aromatic carbocycles. The van der Waals surface area contributed by atoms with Crippen LogP contribution >= 0.6 is 58.2 Å². The van der Waals surface area contributed by atoms with Crippen LogP contribution in [0.4, 0.5) is 22.7 Å². The summed E-state index contributed by atoms with van der Waals surface area (Å²) in [6.07, 6.45) is 1.51. The molecule has 14 heteroatoms. The van der Waals surface area contributed by atoms with Crippen molar-refractivity contribution in [3.05, 3.63) is 104 Å². The van der Waals surface area contributed by atoms with E-state index in [9.17, 15) is 9.59 Å². The van der Waals surface area contributed by atoms with Crippen molar-refractivity contribution in [2.75, 3.05) is 16.0 Å². The Morgan fingerprint density at radius 3 is 1.54 bits per heavy atom. The molecule has 0 saturated carbocycles. The van der Waals surface area contributed by atoms with Gasteiger partial charge in [-0.15, -0.1) is 0 Å². The quantitative estimate of drug-likeness (QED) is 0.108. The number of nitrogens with zero attached hydrogens (tertiary/aromatic N) is 2. The Morgan fingerprint density at radius 1 is 0.646 bits per heavy atom. The van der Waals surface area contributed by atoms with Gasteiger partial charge in [-0.25, -0.2) is 0 Å². The van der Waals surface area contributed by atoms with Crippen LogP contribution in [0.25, 0.3) is 0 Å². The molecular formula is C34H27Cl4N7O2S. The first-order chi connectivity index (χ1) is 23.2. The van der Waals surface area contributed by atoms with Crippen LogP contribution in [-0.4, -0.2) is 23.2 Å². The Morgan fingerprint density at radius 2 is 1.10 bits per heavy atom. The van der Waals surface area contributed by atoms with Crippen molar-refractivity contribution in [1.82, 2.24) is 10.9 Å². The summed E-state index contributed by atoms with van der Waals surface area (Å²) in [5.74, 6) is -0.315. The van der Waals surface area contributed by atoms with Crippen molar-refractivity contribution in [1.29, 1.82) is 0 Å². The zero-order valence-corrected chi connectivity index (χ0v) is 28.9. The number of carbonyl (C=O) groups excluding carboxylic acids is 2. The SMILES string of the molecule is O=C(CC1=NNC(c2ccc(Cl)c(Cl)c2)C1)Nc1ccc2c(c1)Sc1cc(NC(=O)CC3=NNC(c4ccc(Cl)c(Cl)c4)C3)ccc1N2. The molecule has 0 aliphatic carbocycles. The second-order valence-corrected chi connectivity index (χ2v) is 14.3. The molecule has 0 spiro atoms. The average Bonchev–Trinajstić information content (AvgIpc) is 3.72. The Kier molecular flexibility index (Phi) is 9.44. The van der Waals surface area contributed by atoms with Gasteiger partial charge in [0, 0.05) is 45.4 Å². The molecule has 0 radical (unpaired) electrons. The molecule has 0 saturated heterocycles. The third-order valence-corrected chi connectivity index (χ3v) is 10.7. The monoisotopic (exact) mass is 737 g/mol. The highest BCUT2D eigenvalue weighted by atomic mass is 35.5. The summed E-state index contributed by atoms with van der Waals surface area (Å²) >= 11 is 26.0. The summed E-state index contributed by atoms with van der Waals surface area (Å²) in [7, 11) is 0. The molecule has 244 valence electrons. The van der Waals surface area contributed by atoms with E-state index >= 15 is 0 Å². The van der Waals surface area contributed by atoms with Gasteiger partial charge in [0.05, 0.1) is 56.4 Å². The largest absolute Gasteiger partial charge is 0.354 e. The van der Waals surface area contributed by atoms with Crippen LogP contribution in [0, 0.1) is 0 Å². The van der Waals surface area contributed by atoms with Crippen molar-refractivity contribution in [2.45, 2.75) is 47.6 Å². The van der Waals surface area contributed by atoms with Crippen LogP contribution in [0.3, 0.4) is 0 Å². The summed E-state index contributed by atoms with van der Waals surface area (Å²) in [5, 5.41) is 20.1. The first-order valence-electron chi connectivity index (χ1n) is 15.0. The van der Waals surface area contributed by atoms with Gasteiger partial charge in [-0.1, -0.05) is 70.3 Å². The number of amides is 2. The van der Waals surface area contributed by atoms with Gasteiger partial charge < -0.3 is 26.8 Å². The van der Waals surface area contributed by atoms with E-state index in [-0.39, 0.29) is 36.7 Å². The lowest BCUT2D eigenvalue weighted by atomic mass is 10.0. The van der Waals surface area contributed by atoms with E-state index in [1.54, 1.807) is 23.9 Å². The topological polar surface area (TPSA) is 119 Å². The molecule has 3 heterocycles. The second kappa shape index (κ2) is 13.9. The minimum absolute atomic E-state index is 0.0652. The highest BCUT2D eigenvalue weighted by molar-refractivity contribution is 7.99. The smallest absolute Gasteiger partial charge is 0.230 e. The molecule has 0 aromatic heterocycles. The fraction of sp³-hybridized carbons (Fsp3) is 0.176. The number of carbonyl (C=O) groups is 2. The molecule has 7 rings (SSSR count). The van der Waals surface area contributed by atoms with E-state index in [0.717, 1.165) is 43.7 Å². The molecule has 2 atom stereocenters. The first-order valence-corrected chi connectivity index (χ1v) is 17.3. The van der Waals surface area contributed by atoms with Crippen molar-refractivity contribution in [3.63, 3.8) is 0 Å². The maximum absolute atomic E-state index is 12.9. The van der Waals surface area contributed by atoms with Gasteiger partial charge in [-0.2, -0.15) is 10.2 Å². The van der Waals surface area contributed by atoms with E-state index in [0.29, 0.717) is 44.3 Å². The molecular weight excluding hydrogens is 712 g/mol. The lowest BCUT2D eigenvalue weighted by Crippen LogP contribution is -2.16. The number of benzene rings is 4. The zero-order chi connectivity index (χ0) is 33.4. The third-order valence-electron chi connectivity index (χ3n) is 8.08. The standard InChI is InChI=1S/C34H27Cl4N7O2S/c35-23-5-1-17(9-25(23)37)29-11-21(42-44-29)15-33(46)39-19-3-7-27-31(13-19)48-32-14-20(4-8-28(32)41-27)40-34(47)16-22-12-30(45-43-22)18-2-6-24(36)26(38)10-18/h1-10,13-14,29-30,41,44-45H,11-12,15-16H2,(H,39,46)(H,40,47). The zero-order valence-electron chi connectivity index (χ0n) is 25.0. The van der Waals surface area contributed by atoms with Crippen LogP contribution in [0.2, 0.25) is 20.1 Å². The van der Waals surface area contributed by atoms with E-state index in [1.807, 2.05) is 60.7 Å². The highest BCUT2D eigenvalue weighted by Crippen LogP contribution is 2.46. The fourth-order valence-corrected chi connectivity index (χ4v) is 7.36. The van der Waals surface area contributed by atoms with Crippen LogP contribution in [0.1, 0.15) is 48.9 Å². The number of nitrogens with one attached hydrogen (secondary N) is 5. The Balaban J connectivity index is 0.923. The molecule has 3 aliphatic rings. The maximum Gasteiger partial charge on any atom is 0.230 e. The van der Waals surface area contributed by atoms with Crippen molar-refractivity contribution in [3.8, 4) is 0 Å². The molecule has 5 N–H and O–H groups in total. The molecule has 2 unspecified atom stereocenters. The van der Waals surface area contributed by atoms with Crippen LogP contribution in [0.15, 0.2) is 92.8 Å². The van der Waals surface area contributed by atoms with Crippen molar-refractivity contribution < 1.29 is 9.59 Å². The average molecular weight is 740 g/mol. The van der Waals surface area contributed by atoms with Gasteiger partial charge in [0.2, 0.25) is 11.8 Å². The number of hydrogen-bond acceptors (Lipinski definition) is 8. The minimum atomic E-state index is -0.158. The van der Waals surface area contributed by atoms with Gasteiger partial charge in [-0.3, -0.25) is 9.59 Å². The van der Waals surface area contributed by atoms with E-state index in [4.69, 9.17) is 46.4 Å².